The zero-order valence-corrected chi connectivity index (χ0v) is 18.0. The number of hydrogen-bond donors (Lipinski definition) is 3. The van der Waals surface area contributed by atoms with Crippen molar-refractivity contribution in [1.82, 2.24) is 0 Å². The first kappa shape index (κ1) is 25.5. The quantitative estimate of drug-likeness (QED) is 0.156. The summed E-state index contributed by atoms with van der Waals surface area (Å²) in [5.41, 5.74) is 0. The first-order valence-electron chi connectivity index (χ1n) is 10.3. The first-order valence-corrected chi connectivity index (χ1v) is 11.3. The van der Waals surface area contributed by atoms with E-state index in [9.17, 15) is 19.8 Å². The van der Waals surface area contributed by atoms with Crippen molar-refractivity contribution in [3.63, 3.8) is 0 Å². The van der Waals surface area contributed by atoms with Gasteiger partial charge in [-0.1, -0.05) is 51.3 Å². The maximum atomic E-state index is 11.6. The Hall–Kier alpha value is -1.57. The van der Waals surface area contributed by atoms with Crippen LogP contribution >= 0.6 is 11.8 Å². The van der Waals surface area contributed by atoms with Gasteiger partial charge in [0.1, 0.15) is 5.76 Å². The standard InChI is InChI=1S/C22H34O6S/c1-3-5-7-10-16(23)12-13-17-18(24)15-19(28-21(27)4-2)22(17)29-14-9-6-8-11-20(25)26/h4,12-13,16-18,23-24H,2-3,5-11,14-15H2,1H3,(H,25,26)/b13-12+/t16-,17-,18+/m0/s1. The van der Waals surface area contributed by atoms with E-state index in [4.69, 9.17) is 9.84 Å². The van der Waals surface area contributed by atoms with Gasteiger partial charge in [0, 0.05) is 29.7 Å². The number of aliphatic hydroxyl groups is 2. The third-order valence-electron chi connectivity index (χ3n) is 4.71. The second kappa shape index (κ2) is 14.4. The molecule has 0 heterocycles. The van der Waals surface area contributed by atoms with Crippen LogP contribution < -0.4 is 0 Å². The van der Waals surface area contributed by atoms with Gasteiger partial charge in [-0.2, -0.15) is 0 Å². The van der Waals surface area contributed by atoms with E-state index in [1.165, 1.54) is 11.8 Å². The SMILES string of the molecule is C=CC(=O)OC1=C(SCCCCCC(=O)O)[C@@H](/C=C/[C@@H](O)CCCCC)[C@H](O)C1. The first-order chi connectivity index (χ1) is 13.9. The van der Waals surface area contributed by atoms with Crippen LogP contribution in [0.15, 0.2) is 35.5 Å². The van der Waals surface area contributed by atoms with E-state index in [-0.39, 0.29) is 18.8 Å². The van der Waals surface area contributed by atoms with Crippen LogP contribution in [0, 0.1) is 5.92 Å². The van der Waals surface area contributed by atoms with Gasteiger partial charge in [-0.25, -0.2) is 4.79 Å². The number of carboxylic acid groups (broad SMARTS) is 1. The van der Waals surface area contributed by atoms with E-state index < -0.39 is 24.1 Å². The summed E-state index contributed by atoms with van der Waals surface area (Å²) >= 11 is 1.52. The van der Waals surface area contributed by atoms with Crippen LogP contribution in [-0.4, -0.2) is 45.2 Å². The molecule has 0 aromatic rings. The van der Waals surface area contributed by atoms with Gasteiger partial charge in [0.05, 0.1) is 12.2 Å². The number of aliphatic carboxylic acids is 1. The number of carbonyl (C=O) groups is 2. The van der Waals surface area contributed by atoms with E-state index in [0.717, 1.165) is 48.8 Å². The van der Waals surface area contributed by atoms with Gasteiger partial charge in [-0.15, -0.1) is 11.8 Å². The molecule has 29 heavy (non-hydrogen) atoms. The van der Waals surface area contributed by atoms with Crippen molar-refractivity contribution < 1.29 is 29.6 Å². The fraction of sp³-hybridized carbons (Fsp3) is 0.636. The molecule has 3 atom stereocenters. The molecule has 1 aliphatic rings. The van der Waals surface area contributed by atoms with Gasteiger partial charge in [-0.05, 0) is 25.0 Å². The van der Waals surface area contributed by atoms with Gasteiger partial charge in [0.2, 0.25) is 0 Å². The monoisotopic (exact) mass is 426 g/mol. The molecule has 0 spiro atoms. The molecule has 3 N–H and O–H groups in total. The summed E-state index contributed by atoms with van der Waals surface area (Å²) in [6, 6.07) is 0. The number of carbonyl (C=O) groups excluding carboxylic acids is 1. The van der Waals surface area contributed by atoms with Crippen LogP contribution in [0.3, 0.4) is 0 Å². The van der Waals surface area contributed by atoms with E-state index >= 15 is 0 Å². The van der Waals surface area contributed by atoms with Crippen molar-refractivity contribution in [3.05, 3.63) is 35.5 Å². The lowest BCUT2D eigenvalue weighted by Gasteiger charge is -2.15. The lowest BCUT2D eigenvalue weighted by Crippen LogP contribution is -2.14. The van der Waals surface area contributed by atoms with Gasteiger partial charge in [0.25, 0.3) is 0 Å². The average Bonchev–Trinajstić information content (AvgIpc) is 2.96. The summed E-state index contributed by atoms with van der Waals surface area (Å²) in [7, 11) is 0. The van der Waals surface area contributed by atoms with Crippen molar-refractivity contribution in [2.75, 3.05) is 5.75 Å². The smallest absolute Gasteiger partial charge is 0.335 e. The molecular weight excluding hydrogens is 392 g/mol. The molecule has 0 fully saturated rings. The zero-order valence-electron chi connectivity index (χ0n) is 17.2. The molecule has 0 aromatic heterocycles. The Morgan fingerprint density at radius 2 is 2.03 bits per heavy atom. The molecule has 0 saturated carbocycles. The molecule has 1 aliphatic carbocycles. The molecule has 0 radical (unpaired) electrons. The molecule has 7 heteroatoms. The van der Waals surface area contributed by atoms with Crippen molar-refractivity contribution in [2.24, 2.45) is 5.92 Å². The predicted molar refractivity (Wildman–Crippen MR) is 115 cm³/mol. The number of unbranched alkanes of at least 4 members (excludes halogenated alkanes) is 4. The summed E-state index contributed by atoms with van der Waals surface area (Å²) in [5.74, 6) is -0.489. The second-order valence-electron chi connectivity index (χ2n) is 7.21. The summed E-state index contributed by atoms with van der Waals surface area (Å²) < 4.78 is 5.34. The highest BCUT2D eigenvalue weighted by Crippen LogP contribution is 2.41. The minimum absolute atomic E-state index is 0.162. The molecule has 1 rings (SSSR count). The zero-order chi connectivity index (χ0) is 21.6. The molecule has 0 saturated heterocycles. The van der Waals surface area contributed by atoms with Crippen LogP contribution in [0.25, 0.3) is 0 Å². The number of hydrogen-bond acceptors (Lipinski definition) is 6. The summed E-state index contributed by atoms with van der Waals surface area (Å²) in [5, 5.41) is 29.3. The van der Waals surface area contributed by atoms with E-state index in [1.54, 1.807) is 6.08 Å². The Kier molecular flexibility index (Phi) is 12.7. The largest absolute Gasteiger partial charge is 0.481 e. The normalized spacial score (nSPS) is 20.2. The molecule has 0 amide bonds. The minimum atomic E-state index is -0.791. The Balaban J connectivity index is 2.72. The molecule has 164 valence electrons. The van der Waals surface area contributed by atoms with Gasteiger partial charge in [-0.3, -0.25) is 4.79 Å². The number of thioether (sulfide) groups is 1. The van der Waals surface area contributed by atoms with E-state index in [2.05, 4.69) is 13.5 Å². The third kappa shape index (κ3) is 10.1. The lowest BCUT2D eigenvalue weighted by atomic mass is 10.0. The predicted octanol–water partition coefficient (Wildman–Crippen LogP) is 4.18. The number of rotatable bonds is 15. The van der Waals surface area contributed by atoms with Gasteiger partial charge in [0.15, 0.2) is 0 Å². The Morgan fingerprint density at radius 1 is 1.28 bits per heavy atom. The lowest BCUT2D eigenvalue weighted by molar-refractivity contribution is -0.137. The molecule has 0 unspecified atom stereocenters. The third-order valence-corrected chi connectivity index (χ3v) is 6.02. The summed E-state index contributed by atoms with van der Waals surface area (Å²) in [6.45, 7) is 5.52. The Labute approximate surface area is 177 Å². The van der Waals surface area contributed by atoms with Crippen LogP contribution in [-0.2, 0) is 14.3 Å². The fourth-order valence-corrected chi connectivity index (χ4v) is 4.39. The van der Waals surface area contributed by atoms with Crippen molar-refractivity contribution in [2.45, 2.75) is 76.9 Å². The highest BCUT2D eigenvalue weighted by molar-refractivity contribution is 8.03. The van der Waals surface area contributed by atoms with Crippen LogP contribution in [0.4, 0.5) is 0 Å². The summed E-state index contributed by atoms with van der Waals surface area (Å²) in [6.07, 6.45) is 9.79. The number of aliphatic hydroxyl groups excluding tert-OH is 2. The Bertz CT molecular complexity index is 598. The number of ether oxygens (including phenoxy) is 1. The van der Waals surface area contributed by atoms with Crippen molar-refractivity contribution >= 4 is 23.7 Å². The average molecular weight is 427 g/mol. The van der Waals surface area contributed by atoms with Crippen molar-refractivity contribution in [1.29, 1.82) is 0 Å². The molecule has 0 bridgehead atoms. The van der Waals surface area contributed by atoms with Crippen LogP contribution in [0.5, 0.6) is 0 Å². The van der Waals surface area contributed by atoms with Gasteiger partial charge >= 0.3 is 11.9 Å². The highest BCUT2D eigenvalue weighted by Gasteiger charge is 2.34. The van der Waals surface area contributed by atoms with E-state index in [1.807, 2.05) is 6.08 Å². The number of carboxylic acids is 1. The maximum absolute atomic E-state index is 11.6. The maximum Gasteiger partial charge on any atom is 0.335 e. The molecule has 0 aliphatic heterocycles. The van der Waals surface area contributed by atoms with Crippen LogP contribution in [0.2, 0.25) is 0 Å². The fourth-order valence-electron chi connectivity index (χ4n) is 3.11. The van der Waals surface area contributed by atoms with E-state index in [0.29, 0.717) is 18.6 Å². The highest BCUT2D eigenvalue weighted by atomic mass is 32.2. The topological polar surface area (TPSA) is 104 Å². The molecule has 0 aromatic carbocycles. The molecule has 6 nitrogen and oxygen atoms in total. The minimum Gasteiger partial charge on any atom is -0.481 e. The Morgan fingerprint density at radius 3 is 2.69 bits per heavy atom. The van der Waals surface area contributed by atoms with Crippen LogP contribution in [0.1, 0.15) is 64.7 Å². The second-order valence-corrected chi connectivity index (χ2v) is 8.35. The molecular formula is C22H34O6S. The van der Waals surface area contributed by atoms with Gasteiger partial charge < -0.3 is 20.1 Å². The van der Waals surface area contributed by atoms with Crippen molar-refractivity contribution in [3.8, 4) is 0 Å². The summed E-state index contributed by atoms with van der Waals surface area (Å²) in [4.78, 5) is 23.0. The number of esters is 1.